The van der Waals surface area contributed by atoms with Gasteiger partial charge >= 0.3 is 0 Å². The molecule has 1 saturated carbocycles. The van der Waals surface area contributed by atoms with E-state index >= 15 is 0 Å². The molecule has 1 aliphatic carbocycles. The van der Waals surface area contributed by atoms with Crippen molar-refractivity contribution in [1.82, 2.24) is 15.2 Å². The van der Waals surface area contributed by atoms with Crippen molar-refractivity contribution in [2.75, 3.05) is 13.7 Å². The average molecular weight is 289 g/mol. The quantitative estimate of drug-likeness (QED) is 0.610. The number of hydrazine groups is 1. The van der Waals surface area contributed by atoms with Crippen LogP contribution >= 0.6 is 15.9 Å². The number of halogens is 1. The zero-order chi connectivity index (χ0) is 11.5. The number of rotatable bonds is 6. The summed E-state index contributed by atoms with van der Waals surface area (Å²) >= 11 is 3.53. The summed E-state index contributed by atoms with van der Waals surface area (Å²) in [5, 5.41) is 4.33. The maximum atomic E-state index is 5.63. The SMILES string of the molecule is COCCn1ncc(Br)c1C(NN)C1CC1. The lowest BCUT2D eigenvalue weighted by Gasteiger charge is -2.17. The number of hydrogen-bond acceptors (Lipinski definition) is 4. The largest absolute Gasteiger partial charge is 0.383 e. The van der Waals surface area contributed by atoms with E-state index in [4.69, 9.17) is 10.6 Å². The Morgan fingerprint density at radius 1 is 1.75 bits per heavy atom. The fourth-order valence-electron chi connectivity index (χ4n) is 1.90. The van der Waals surface area contributed by atoms with Gasteiger partial charge in [-0.3, -0.25) is 16.0 Å². The van der Waals surface area contributed by atoms with Crippen molar-refractivity contribution in [1.29, 1.82) is 0 Å². The highest BCUT2D eigenvalue weighted by Gasteiger charge is 2.34. The molecule has 0 aromatic carbocycles. The molecule has 6 heteroatoms. The molecular weight excluding hydrogens is 272 g/mol. The normalized spacial score (nSPS) is 17.7. The summed E-state index contributed by atoms with van der Waals surface area (Å²) in [5.74, 6) is 6.27. The highest BCUT2D eigenvalue weighted by atomic mass is 79.9. The van der Waals surface area contributed by atoms with E-state index in [0.717, 1.165) is 16.7 Å². The van der Waals surface area contributed by atoms with Crippen LogP contribution in [0.1, 0.15) is 24.6 Å². The maximum Gasteiger partial charge on any atom is 0.0713 e. The van der Waals surface area contributed by atoms with E-state index in [0.29, 0.717) is 12.5 Å². The Labute approximate surface area is 103 Å². The molecule has 0 saturated heterocycles. The first-order chi connectivity index (χ1) is 7.77. The van der Waals surface area contributed by atoms with Crippen molar-refractivity contribution < 1.29 is 4.74 Å². The van der Waals surface area contributed by atoms with E-state index in [1.807, 2.05) is 10.9 Å². The standard InChI is InChI=1S/C10H17BrN4O/c1-16-5-4-15-10(8(11)6-13-15)9(14-12)7-2-3-7/h6-7,9,14H,2-5,12H2,1H3. The smallest absolute Gasteiger partial charge is 0.0713 e. The van der Waals surface area contributed by atoms with Gasteiger partial charge in [-0.25, -0.2) is 0 Å². The van der Waals surface area contributed by atoms with Crippen LogP contribution in [-0.4, -0.2) is 23.5 Å². The molecule has 0 spiro atoms. The fourth-order valence-corrected chi connectivity index (χ4v) is 2.45. The molecule has 0 bridgehead atoms. The minimum absolute atomic E-state index is 0.189. The van der Waals surface area contributed by atoms with Gasteiger partial charge in [0, 0.05) is 7.11 Å². The van der Waals surface area contributed by atoms with Crippen molar-refractivity contribution in [2.45, 2.75) is 25.4 Å². The Morgan fingerprint density at radius 2 is 2.50 bits per heavy atom. The number of aromatic nitrogens is 2. The van der Waals surface area contributed by atoms with Gasteiger partial charge in [0.25, 0.3) is 0 Å². The van der Waals surface area contributed by atoms with E-state index in [1.165, 1.54) is 12.8 Å². The number of methoxy groups -OCH3 is 1. The van der Waals surface area contributed by atoms with Gasteiger partial charge in [-0.15, -0.1) is 0 Å². The number of nitrogens with zero attached hydrogens (tertiary/aromatic N) is 2. The molecule has 1 heterocycles. The van der Waals surface area contributed by atoms with Crippen molar-refractivity contribution in [2.24, 2.45) is 11.8 Å². The first-order valence-corrected chi connectivity index (χ1v) is 6.23. The molecular formula is C10H17BrN4O. The van der Waals surface area contributed by atoms with E-state index in [1.54, 1.807) is 7.11 Å². The molecule has 1 aromatic heterocycles. The highest BCUT2D eigenvalue weighted by Crippen LogP contribution is 2.42. The number of ether oxygens (including phenoxy) is 1. The van der Waals surface area contributed by atoms with Crippen LogP contribution < -0.4 is 11.3 Å². The lowest BCUT2D eigenvalue weighted by molar-refractivity contribution is 0.181. The van der Waals surface area contributed by atoms with Crippen LogP contribution in [0.4, 0.5) is 0 Å². The molecule has 1 aromatic rings. The number of nitrogens with one attached hydrogen (secondary N) is 1. The van der Waals surface area contributed by atoms with Crippen molar-refractivity contribution in [3.05, 3.63) is 16.4 Å². The van der Waals surface area contributed by atoms with Gasteiger partial charge in [0.05, 0.1) is 35.6 Å². The van der Waals surface area contributed by atoms with E-state index < -0.39 is 0 Å². The van der Waals surface area contributed by atoms with Crippen LogP contribution in [-0.2, 0) is 11.3 Å². The highest BCUT2D eigenvalue weighted by molar-refractivity contribution is 9.10. The average Bonchev–Trinajstić information content (AvgIpc) is 3.05. The number of nitrogens with two attached hydrogens (primary N) is 1. The van der Waals surface area contributed by atoms with Crippen LogP contribution in [0.2, 0.25) is 0 Å². The molecule has 5 nitrogen and oxygen atoms in total. The minimum Gasteiger partial charge on any atom is -0.383 e. The van der Waals surface area contributed by atoms with Gasteiger partial charge < -0.3 is 4.74 Å². The summed E-state index contributed by atoms with van der Waals surface area (Å²) in [4.78, 5) is 0. The Kier molecular flexibility index (Phi) is 3.96. The fraction of sp³-hybridized carbons (Fsp3) is 0.700. The Morgan fingerprint density at radius 3 is 3.06 bits per heavy atom. The predicted molar refractivity (Wildman–Crippen MR) is 64.6 cm³/mol. The summed E-state index contributed by atoms with van der Waals surface area (Å²) < 4.78 is 8.04. The maximum absolute atomic E-state index is 5.63. The van der Waals surface area contributed by atoms with Crippen molar-refractivity contribution in [3.8, 4) is 0 Å². The molecule has 2 rings (SSSR count). The molecule has 1 aliphatic rings. The second kappa shape index (κ2) is 5.27. The van der Waals surface area contributed by atoms with E-state index in [9.17, 15) is 0 Å². The van der Waals surface area contributed by atoms with Crippen molar-refractivity contribution >= 4 is 15.9 Å². The topological polar surface area (TPSA) is 65.1 Å². The van der Waals surface area contributed by atoms with Gasteiger partial charge in [-0.1, -0.05) is 0 Å². The van der Waals surface area contributed by atoms with E-state index in [-0.39, 0.29) is 6.04 Å². The Balaban J connectivity index is 2.18. The first kappa shape index (κ1) is 12.0. The lowest BCUT2D eigenvalue weighted by Crippen LogP contribution is -2.32. The third-order valence-electron chi connectivity index (χ3n) is 2.91. The van der Waals surface area contributed by atoms with Gasteiger partial charge in [-0.05, 0) is 34.7 Å². The van der Waals surface area contributed by atoms with Gasteiger partial charge in [0.2, 0.25) is 0 Å². The zero-order valence-electron chi connectivity index (χ0n) is 9.32. The molecule has 0 amide bonds. The molecule has 90 valence electrons. The van der Waals surface area contributed by atoms with Gasteiger partial charge in [0.1, 0.15) is 0 Å². The van der Waals surface area contributed by atoms with Crippen LogP contribution in [0.15, 0.2) is 10.7 Å². The molecule has 0 radical (unpaired) electrons. The van der Waals surface area contributed by atoms with Crippen LogP contribution in [0, 0.1) is 5.92 Å². The van der Waals surface area contributed by atoms with E-state index in [2.05, 4.69) is 26.5 Å². The predicted octanol–water partition coefficient (Wildman–Crippen LogP) is 1.21. The van der Waals surface area contributed by atoms with Crippen LogP contribution in [0.5, 0.6) is 0 Å². The summed E-state index contributed by atoms with van der Waals surface area (Å²) in [5.41, 5.74) is 4.02. The summed E-state index contributed by atoms with van der Waals surface area (Å²) in [6.45, 7) is 1.41. The van der Waals surface area contributed by atoms with Gasteiger partial charge in [-0.2, -0.15) is 5.10 Å². The van der Waals surface area contributed by atoms with Crippen molar-refractivity contribution in [3.63, 3.8) is 0 Å². The first-order valence-electron chi connectivity index (χ1n) is 5.44. The van der Waals surface area contributed by atoms with Crippen LogP contribution in [0.3, 0.4) is 0 Å². The van der Waals surface area contributed by atoms with Gasteiger partial charge in [0.15, 0.2) is 0 Å². The molecule has 3 N–H and O–H groups in total. The molecule has 0 aliphatic heterocycles. The summed E-state index contributed by atoms with van der Waals surface area (Å²) in [7, 11) is 1.69. The summed E-state index contributed by atoms with van der Waals surface area (Å²) in [6.07, 6.45) is 4.28. The second-order valence-corrected chi connectivity index (χ2v) is 4.93. The Hall–Kier alpha value is -0.430. The third-order valence-corrected chi connectivity index (χ3v) is 3.52. The molecule has 16 heavy (non-hydrogen) atoms. The second-order valence-electron chi connectivity index (χ2n) is 4.08. The molecule has 1 unspecified atom stereocenters. The number of hydrogen-bond donors (Lipinski definition) is 2. The molecule has 1 atom stereocenters. The zero-order valence-corrected chi connectivity index (χ0v) is 10.9. The molecule has 1 fully saturated rings. The monoisotopic (exact) mass is 288 g/mol. The van der Waals surface area contributed by atoms with Crippen LogP contribution in [0.25, 0.3) is 0 Å². The summed E-state index contributed by atoms with van der Waals surface area (Å²) in [6, 6.07) is 0.189. The minimum atomic E-state index is 0.189. The Bertz CT molecular complexity index is 351. The lowest BCUT2D eigenvalue weighted by atomic mass is 10.1. The third kappa shape index (κ3) is 2.45.